The lowest BCUT2D eigenvalue weighted by molar-refractivity contribution is -0.197. The van der Waals surface area contributed by atoms with Gasteiger partial charge in [0.1, 0.15) is 22.8 Å². The van der Waals surface area contributed by atoms with Crippen molar-refractivity contribution in [3.63, 3.8) is 0 Å². The van der Waals surface area contributed by atoms with Crippen LogP contribution in [0.4, 0.5) is 5.69 Å². The number of aryl methyl sites for hydroxylation is 1. The van der Waals surface area contributed by atoms with Gasteiger partial charge in [-0.3, -0.25) is 19.2 Å². The first-order chi connectivity index (χ1) is 27.5. The zero-order chi connectivity index (χ0) is 41.8. The minimum Gasteiger partial charge on any atom is -0.508 e. The van der Waals surface area contributed by atoms with E-state index in [0.717, 1.165) is 22.9 Å². The standard InChI is InChI=1S/C39H40N2O10.CH3NS.CH2OS/c1-48-35-24-32(44)13-15-34(35)39(49-2,29-8-11-31(43)12-9-29)33-14-10-30(23-28(33)25-42)40-20-22-50-21-19-27-5-3-26(4-6-27)7-18-38(47)51-41-36(45)16-17-37(41)46;2*2-1-3/h3-6,8-15,23-25,40,43-44H,7,16-22H2,1-2H3;1H,(H2,2,3);1H,(H,2,3). The molecule has 0 aromatic heterocycles. The minimum absolute atomic E-state index is 0.00699. The Bertz CT molecular complexity index is 1960. The van der Waals surface area contributed by atoms with Crippen molar-refractivity contribution in [2.24, 2.45) is 5.73 Å². The molecule has 4 aromatic carbocycles. The minimum atomic E-state index is -1.33. The molecule has 5 rings (SSSR count). The second-order valence-corrected chi connectivity index (χ2v) is 12.6. The number of imide groups is 1. The van der Waals surface area contributed by atoms with Crippen molar-refractivity contribution < 1.29 is 53.2 Å². The monoisotopic (exact) mass is 819 g/mol. The van der Waals surface area contributed by atoms with Gasteiger partial charge in [-0.2, -0.15) is 0 Å². The molecule has 0 radical (unpaired) electrons. The van der Waals surface area contributed by atoms with E-state index in [2.05, 4.69) is 35.9 Å². The number of ether oxygens (including phenoxy) is 3. The maximum absolute atomic E-state index is 12.5. The van der Waals surface area contributed by atoms with Gasteiger partial charge in [0.2, 0.25) is 0 Å². The zero-order valence-corrected chi connectivity index (χ0v) is 33.1. The third-order valence-electron chi connectivity index (χ3n) is 8.65. The number of benzene rings is 4. The molecular formula is C41H45N3O11S2. The predicted octanol–water partition coefficient (Wildman–Crippen LogP) is 5.08. The van der Waals surface area contributed by atoms with Crippen molar-refractivity contribution in [2.75, 3.05) is 39.3 Å². The number of methoxy groups -OCH3 is 2. The number of hydroxylamine groups is 2. The number of carbonyl (C=O) groups excluding carboxylic acids is 5. The zero-order valence-electron chi connectivity index (χ0n) is 31.4. The average Bonchev–Trinajstić information content (AvgIpc) is 3.53. The quantitative estimate of drug-likeness (QED) is 0.0236. The van der Waals surface area contributed by atoms with Gasteiger partial charge in [0, 0.05) is 54.9 Å². The summed E-state index contributed by atoms with van der Waals surface area (Å²) < 4.78 is 17.7. The smallest absolute Gasteiger partial charge is 0.333 e. The van der Waals surface area contributed by atoms with Crippen molar-refractivity contribution >= 4 is 65.7 Å². The highest BCUT2D eigenvalue weighted by Gasteiger charge is 2.41. The van der Waals surface area contributed by atoms with E-state index in [1.165, 1.54) is 38.5 Å². The van der Waals surface area contributed by atoms with Gasteiger partial charge in [0.25, 0.3) is 11.8 Å². The summed E-state index contributed by atoms with van der Waals surface area (Å²) in [6.07, 6.45) is 2.02. The number of phenols is 2. The van der Waals surface area contributed by atoms with Gasteiger partial charge in [-0.15, -0.1) is 17.7 Å². The number of thiocarbonyl (C=S) groups is 1. The maximum atomic E-state index is 12.5. The molecule has 0 bridgehead atoms. The van der Waals surface area contributed by atoms with E-state index in [1.54, 1.807) is 30.3 Å². The van der Waals surface area contributed by atoms with E-state index in [4.69, 9.17) is 23.8 Å². The molecule has 5 N–H and O–H groups in total. The molecule has 0 aliphatic carbocycles. The Morgan fingerprint density at radius 1 is 0.877 bits per heavy atom. The molecule has 2 amide bonds. The largest absolute Gasteiger partial charge is 0.508 e. The van der Waals surface area contributed by atoms with Crippen molar-refractivity contribution in [1.82, 2.24) is 5.06 Å². The molecule has 1 saturated heterocycles. The van der Waals surface area contributed by atoms with Crippen LogP contribution in [0.15, 0.2) is 84.9 Å². The number of nitrogens with zero attached hydrogens (tertiary/aromatic N) is 1. The first-order valence-electron chi connectivity index (χ1n) is 17.5. The predicted molar refractivity (Wildman–Crippen MR) is 220 cm³/mol. The van der Waals surface area contributed by atoms with Crippen LogP contribution in [0.3, 0.4) is 0 Å². The van der Waals surface area contributed by atoms with Gasteiger partial charge < -0.3 is 40.3 Å². The molecular weight excluding hydrogens is 775 g/mol. The topological polar surface area (TPSA) is 204 Å². The summed E-state index contributed by atoms with van der Waals surface area (Å²) in [5.74, 6) is -1.19. The van der Waals surface area contributed by atoms with Gasteiger partial charge in [-0.25, -0.2) is 4.79 Å². The second-order valence-electron chi connectivity index (χ2n) is 12.1. The van der Waals surface area contributed by atoms with Crippen molar-refractivity contribution in [3.8, 4) is 17.2 Å². The van der Waals surface area contributed by atoms with E-state index in [0.29, 0.717) is 77.0 Å². The first kappa shape index (κ1) is 45.6. The fourth-order valence-corrected chi connectivity index (χ4v) is 6.04. The third kappa shape index (κ3) is 12.6. The normalized spacial score (nSPS) is 12.9. The number of thiol groups is 1. The van der Waals surface area contributed by atoms with Crippen LogP contribution in [0.2, 0.25) is 0 Å². The highest BCUT2D eigenvalue weighted by atomic mass is 32.1. The van der Waals surface area contributed by atoms with Crippen LogP contribution in [-0.2, 0) is 51.9 Å². The maximum Gasteiger partial charge on any atom is 0.333 e. The lowest BCUT2D eigenvalue weighted by atomic mass is 9.77. The number of aldehydes is 1. The van der Waals surface area contributed by atoms with Crippen LogP contribution in [0.5, 0.6) is 17.2 Å². The lowest BCUT2D eigenvalue weighted by Crippen LogP contribution is -2.33. The van der Waals surface area contributed by atoms with Crippen LogP contribution in [-0.4, -0.2) is 84.4 Å². The Hall–Kier alpha value is -5.81. The number of rotatable bonds is 17. The highest BCUT2D eigenvalue weighted by Crippen LogP contribution is 2.46. The Labute approximate surface area is 341 Å². The molecule has 0 saturated carbocycles. The summed E-state index contributed by atoms with van der Waals surface area (Å²) in [5.41, 5.74) is 9.52. The molecule has 1 atom stereocenters. The van der Waals surface area contributed by atoms with E-state index < -0.39 is 23.4 Å². The molecule has 1 unspecified atom stereocenters. The molecule has 57 heavy (non-hydrogen) atoms. The summed E-state index contributed by atoms with van der Waals surface area (Å²) in [6, 6.07) is 24.3. The van der Waals surface area contributed by atoms with Gasteiger partial charge in [0.15, 0.2) is 11.9 Å². The molecule has 0 spiro atoms. The fraction of sp³-hybridized carbons (Fsp3) is 0.268. The van der Waals surface area contributed by atoms with Crippen molar-refractivity contribution in [2.45, 2.75) is 37.7 Å². The second kappa shape index (κ2) is 23.3. The number of carbonyl (C=O) groups is 5. The van der Waals surface area contributed by atoms with E-state index in [1.807, 2.05) is 30.3 Å². The number of nitrogens with one attached hydrogen (secondary N) is 1. The Morgan fingerprint density at radius 2 is 1.46 bits per heavy atom. The fourth-order valence-electron chi connectivity index (χ4n) is 6.04. The number of hydrogen-bond donors (Lipinski definition) is 5. The number of amides is 2. The van der Waals surface area contributed by atoms with Gasteiger partial charge in [-0.1, -0.05) is 54.7 Å². The molecule has 14 nitrogen and oxygen atoms in total. The number of nitrogens with two attached hydrogens (primary N) is 1. The molecule has 4 aromatic rings. The number of hydrogen-bond acceptors (Lipinski definition) is 13. The molecule has 302 valence electrons. The number of aromatic hydroxyl groups is 2. The van der Waals surface area contributed by atoms with Crippen molar-refractivity contribution in [3.05, 3.63) is 118 Å². The number of anilines is 1. The average molecular weight is 820 g/mol. The van der Waals surface area contributed by atoms with Crippen LogP contribution < -0.4 is 15.8 Å². The van der Waals surface area contributed by atoms with Crippen molar-refractivity contribution in [1.29, 1.82) is 0 Å². The number of phenolic OH excluding ortho intramolecular Hbond substituents is 2. The third-order valence-corrected chi connectivity index (χ3v) is 8.65. The van der Waals surface area contributed by atoms with Gasteiger partial charge in [-0.05, 0) is 65.9 Å². The van der Waals surface area contributed by atoms with E-state index in [-0.39, 0.29) is 30.8 Å². The summed E-state index contributed by atoms with van der Waals surface area (Å²) in [7, 11) is 3.01. The van der Waals surface area contributed by atoms with Crippen LogP contribution in [0, 0.1) is 0 Å². The Kier molecular flexibility index (Phi) is 18.6. The van der Waals surface area contributed by atoms with Gasteiger partial charge in [0.05, 0.1) is 32.2 Å². The van der Waals surface area contributed by atoms with E-state index >= 15 is 0 Å². The summed E-state index contributed by atoms with van der Waals surface area (Å²) in [5, 5.41) is 24.0. The molecule has 1 heterocycles. The summed E-state index contributed by atoms with van der Waals surface area (Å²) in [4.78, 5) is 61.4. The van der Waals surface area contributed by atoms with E-state index in [9.17, 15) is 29.4 Å². The molecule has 1 fully saturated rings. The Morgan fingerprint density at radius 3 is 2.04 bits per heavy atom. The van der Waals surface area contributed by atoms with Crippen LogP contribution in [0.1, 0.15) is 57.4 Å². The van der Waals surface area contributed by atoms with Crippen LogP contribution >= 0.6 is 24.8 Å². The summed E-state index contributed by atoms with van der Waals surface area (Å²) >= 11 is 7.15. The van der Waals surface area contributed by atoms with Crippen LogP contribution in [0.25, 0.3) is 0 Å². The highest BCUT2D eigenvalue weighted by molar-refractivity contribution is 7.94. The molecule has 1 aliphatic rings. The molecule has 16 heteroatoms. The first-order valence-corrected chi connectivity index (χ1v) is 18.5. The lowest BCUT2D eigenvalue weighted by Gasteiger charge is -2.36. The molecule has 1 aliphatic heterocycles. The SMILES string of the molecule is COc1cc(O)ccc1C(OC)(c1ccc(O)cc1)c1ccc(NCCOCCc2ccc(CCC(=O)ON3C(=O)CCC3=O)cc2)cc1C=O.NC=S.O=CS. The summed E-state index contributed by atoms with van der Waals surface area (Å²) in [6.45, 7) is 1.39. The van der Waals surface area contributed by atoms with Gasteiger partial charge >= 0.3 is 5.97 Å². The Balaban J connectivity index is 0.00000136.